The molecule has 0 aromatic heterocycles. The molecule has 0 heterocycles. The van der Waals surface area contributed by atoms with Crippen molar-refractivity contribution in [3.8, 4) is 0 Å². The largest absolute Gasteiger partial charge is 0.355 e. The van der Waals surface area contributed by atoms with Crippen LogP contribution in [0.15, 0.2) is 0 Å². The number of nitrogens with two attached hydrogens (primary N) is 1. The van der Waals surface area contributed by atoms with Crippen LogP contribution in [0.3, 0.4) is 0 Å². The van der Waals surface area contributed by atoms with Crippen molar-refractivity contribution in [3.05, 3.63) is 0 Å². The highest BCUT2D eigenvalue weighted by Gasteiger charge is 2.19. The summed E-state index contributed by atoms with van der Waals surface area (Å²) in [6, 6.07) is 0. The molecule has 17 heavy (non-hydrogen) atoms. The Hall–Kier alpha value is -0.620. The minimum atomic E-state index is -3.48. The molecule has 5 nitrogen and oxygen atoms in total. The van der Waals surface area contributed by atoms with Crippen molar-refractivity contribution in [1.82, 2.24) is 5.32 Å². The van der Waals surface area contributed by atoms with Crippen molar-refractivity contribution in [3.63, 3.8) is 0 Å². The zero-order valence-corrected chi connectivity index (χ0v) is 11.0. The number of nitrogens with one attached hydrogen (secondary N) is 1. The molecule has 0 spiro atoms. The van der Waals surface area contributed by atoms with Gasteiger partial charge >= 0.3 is 0 Å². The molecule has 1 fully saturated rings. The fraction of sp³-hybridized carbons (Fsp3) is 0.909. The Bertz CT molecular complexity index is 333. The van der Waals surface area contributed by atoms with Crippen LogP contribution in [0.4, 0.5) is 0 Å². The van der Waals surface area contributed by atoms with Gasteiger partial charge in [-0.2, -0.15) is 0 Å². The maximum absolute atomic E-state index is 11.8. The zero-order chi connectivity index (χ0) is 12.7. The summed E-state index contributed by atoms with van der Waals surface area (Å²) in [4.78, 5) is 11.8. The molecule has 6 heteroatoms. The molecule has 0 aliphatic heterocycles. The van der Waals surface area contributed by atoms with E-state index in [9.17, 15) is 13.2 Å². The molecule has 0 saturated heterocycles. The van der Waals surface area contributed by atoms with E-state index in [4.69, 9.17) is 5.14 Å². The molecule has 0 unspecified atom stereocenters. The molecule has 3 N–H and O–H groups in total. The first-order chi connectivity index (χ1) is 7.99. The summed E-state index contributed by atoms with van der Waals surface area (Å²) in [6.45, 7) is 0.119. The molecule has 100 valence electrons. The maximum Gasteiger partial charge on any atom is 0.223 e. The quantitative estimate of drug-likeness (QED) is 0.783. The third-order valence-electron chi connectivity index (χ3n) is 3.16. The third-order valence-corrected chi connectivity index (χ3v) is 3.93. The van der Waals surface area contributed by atoms with Crippen molar-refractivity contribution >= 4 is 15.9 Å². The van der Waals surface area contributed by atoms with E-state index in [1.54, 1.807) is 0 Å². The number of hydrogen-bond acceptors (Lipinski definition) is 3. The van der Waals surface area contributed by atoms with Gasteiger partial charge in [0.05, 0.1) is 5.75 Å². The summed E-state index contributed by atoms with van der Waals surface area (Å²) in [5, 5.41) is 7.53. The van der Waals surface area contributed by atoms with Crippen LogP contribution in [0.2, 0.25) is 0 Å². The average molecular weight is 262 g/mol. The summed E-state index contributed by atoms with van der Waals surface area (Å²) in [5.41, 5.74) is 0. The summed E-state index contributed by atoms with van der Waals surface area (Å²) < 4.78 is 21.4. The molecule has 1 aliphatic rings. The molecule has 1 amide bonds. The van der Waals surface area contributed by atoms with Gasteiger partial charge < -0.3 is 5.32 Å². The van der Waals surface area contributed by atoms with Gasteiger partial charge in [0.15, 0.2) is 0 Å². The van der Waals surface area contributed by atoms with E-state index >= 15 is 0 Å². The highest BCUT2D eigenvalue weighted by molar-refractivity contribution is 7.89. The van der Waals surface area contributed by atoms with Gasteiger partial charge in [0.1, 0.15) is 0 Å². The smallest absolute Gasteiger partial charge is 0.223 e. The van der Waals surface area contributed by atoms with Gasteiger partial charge in [-0.15, -0.1) is 0 Å². The second-order valence-corrected chi connectivity index (χ2v) is 6.43. The number of sulfonamides is 1. The number of carbonyl (C=O) groups excluding carboxylic acids is 1. The lowest BCUT2D eigenvalue weighted by atomic mass is 9.90. The molecule has 1 aliphatic carbocycles. The van der Waals surface area contributed by atoms with E-state index < -0.39 is 10.0 Å². The SMILES string of the molecule is NS(=O)(=O)CCNC(=O)C1CCCCCCC1. The van der Waals surface area contributed by atoms with Gasteiger partial charge in [-0.05, 0) is 12.8 Å². The van der Waals surface area contributed by atoms with Crippen LogP contribution < -0.4 is 10.5 Å². The van der Waals surface area contributed by atoms with Gasteiger partial charge in [-0.1, -0.05) is 32.1 Å². The van der Waals surface area contributed by atoms with Crippen LogP contribution in [0, 0.1) is 5.92 Å². The summed E-state index contributed by atoms with van der Waals surface area (Å²) in [5.74, 6) is -0.155. The third kappa shape index (κ3) is 6.63. The molecule has 0 bridgehead atoms. The molecular formula is C11H22N2O3S. The molecule has 0 aromatic carbocycles. The molecule has 1 saturated carbocycles. The second kappa shape index (κ2) is 6.96. The Morgan fingerprint density at radius 2 is 1.65 bits per heavy atom. The lowest BCUT2D eigenvalue weighted by Crippen LogP contribution is -2.35. The van der Waals surface area contributed by atoms with Crippen molar-refractivity contribution in [1.29, 1.82) is 0 Å². The minimum Gasteiger partial charge on any atom is -0.355 e. The van der Waals surface area contributed by atoms with Crippen molar-refractivity contribution < 1.29 is 13.2 Å². The second-order valence-electron chi connectivity index (χ2n) is 4.70. The first kappa shape index (κ1) is 14.4. The fourth-order valence-corrected chi connectivity index (χ4v) is 2.57. The lowest BCUT2D eigenvalue weighted by molar-refractivity contribution is -0.125. The van der Waals surface area contributed by atoms with Crippen molar-refractivity contribution in [2.45, 2.75) is 44.9 Å². The summed E-state index contributed by atoms with van der Waals surface area (Å²) in [7, 11) is -3.48. The van der Waals surface area contributed by atoms with Crippen LogP contribution in [0.1, 0.15) is 44.9 Å². The Balaban J connectivity index is 2.29. The van der Waals surface area contributed by atoms with Gasteiger partial charge in [-0.25, -0.2) is 13.6 Å². The van der Waals surface area contributed by atoms with E-state index in [1.165, 1.54) is 19.3 Å². The Morgan fingerprint density at radius 3 is 2.18 bits per heavy atom. The van der Waals surface area contributed by atoms with E-state index in [2.05, 4.69) is 5.32 Å². The first-order valence-electron chi connectivity index (χ1n) is 6.27. The van der Waals surface area contributed by atoms with Crippen LogP contribution in [-0.2, 0) is 14.8 Å². The number of carbonyl (C=O) groups is 1. The number of hydrogen-bond donors (Lipinski definition) is 2. The molecule has 0 atom stereocenters. The molecule has 0 radical (unpaired) electrons. The molecule has 1 rings (SSSR count). The van der Waals surface area contributed by atoms with E-state index in [-0.39, 0.29) is 24.1 Å². The van der Waals surface area contributed by atoms with E-state index in [0.29, 0.717) is 0 Å². The maximum atomic E-state index is 11.8. The highest BCUT2D eigenvalue weighted by Crippen LogP contribution is 2.22. The van der Waals surface area contributed by atoms with Crippen molar-refractivity contribution in [2.75, 3.05) is 12.3 Å². The van der Waals surface area contributed by atoms with Crippen molar-refractivity contribution in [2.24, 2.45) is 11.1 Å². The topological polar surface area (TPSA) is 89.3 Å². The van der Waals surface area contributed by atoms with Crippen LogP contribution in [-0.4, -0.2) is 26.6 Å². The average Bonchev–Trinajstić information content (AvgIpc) is 2.14. The van der Waals surface area contributed by atoms with Crippen LogP contribution in [0.5, 0.6) is 0 Å². The van der Waals surface area contributed by atoms with Gasteiger partial charge in [-0.3, -0.25) is 4.79 Å². The lowest BCUT2D eigenvalue weighted by Gasteiger charge is -2.18. The number of amides is 1. The monoisotopic (exact) mass is 262 g/mol. The molecule has 0 aromatic rings. The van der Waals surface area contributed by atoms with E-state index in [1.807, 2.05) is 0 Å². The fourth-order valence-electron chi connectivity index (χ4n) is 2.18. The standard InChI is InChI=1S/C11H22N2O3S/c12-17(15,16)9-8-13-11(14)10-6-4-2-1-3-5-7-10/h10H,1-9H2,(H,13,14)(H2,12,15,16). The predicted octanol–water partition coefficient (Wildman–Crippen LogP) is 0.752. The normalized spacial score (nSPS) is 19.4. The Morgan fingerprint density at radius 1 is 1.12 bits per heavy atom. The number of rotatable bonds is 4. The van der Waals surface area contributed by atoms with Gasteiger partial charge in [0.2, 0.25) is 15.9 Å². The Labute approximate surface area is 103 Å². The highest BCUT2D eigenvalue weighted by atomic mass is 32.2. The first-order valence-corrected chi connectivity index (χ1v) is 7.99. The zero-order valence-electron chi connectivity index (χ0n) is 10.2. The van der Waals surface area contributed by atoms with E-state index in [0.717, 1.165) is 25.7 Å². The van der Waals surface area contributed by atoms with Gasteiger partial charge in [0, 0.05) is 12.5 Å². The number of primary sulfonamides is 1. The van der Waals surface area contributed by atoms with Crippen LogP contribution >= 0.6 is 0 Å². The summed E-state index contributed by atoms with van der Waals surface area (Å²) >= 11 is 0. The summed E-state index contributed by atoms with van der Waals surface area (Å²) in [6.07, 6.45) is 7.67. The predicted molar refractivity (Wildman–Crippen MR) is 66.8 cm³/mol. The Kier molecular flexibility index (Phi) is 5.91. The molecular weight excluding hydrogens is 240 g/mol. The van der Waals surface area contributed by atoms with Crippen LogP contribution in [0.25, 0.3) is 0 Å². The van der Waals surface area contributed by atoms with Gasteiger partial charge in [0.25, 0.3) is 0 Å². The minimum absolute atomic E-state index is 0.0180.